The molecule has 6 heteroatoms. The maximum absolute atomic E-state index is 12.5. The first kappa shape index (κ1) is 18.8. The van der Waals surface area contributed by atoms with Gasteiger partial charge in [-0.3, -0.25) is 9.78 Å². The van der Waals surface area contributed by atoms with E-state index < -0.39 is 0 Å². The highest BCUT2D eigenvalue weighted by Gasteiger charge is 2.11. The van der Waals surface area contributed by atoms with Gasteiger partial charge in [0.25, 0.3) is 5.91 Å². The summed E-state index contributed by atoms with van der Waals surface area (Å²) in [6.45, 7) is 0. The first-order chi connectivity index (χ1) is 12.7. The van der Waals surface area contributed by atoms with Crippen LogP contribution in [0, 0.1) is 0 Å². The van der Waals surface area contributed by atoms with Crippen molar-refractivity contribution in [1.29, 1.82) is 0 Å². The fourth-order valence-electron chi connectivity index (χ4n) is 2.29. The minimum atomic E-state index is -0.207. The molecule has 0 saturated heterocycles. The van der Waals surface area contributed by atoms with E-state index in [4.69, 9.17) is 11.6 Å². The molecule has 0 atom stereocenters. The van der Waals surface area contributed by atoms with Gasteiger partial charge < -0.3 is 5.32 Å². The molecule has 0 radical (unpaired) electrons. The Morgan fingerprint density at radius 2 is 1.88 bits per heavy atom. The molecule has 26 heavy (non-hydrogen) atoms. The third kappa shape index (κ3) is 5.04. The second kappa shape index (κ2) is 9.12. The van der Waals surface area contributed by atoms with Crippen LogP contribution >= 0.6 is 35.1 Å². The third-order valence-corrected chi connectivity index (χ3v) is 5.80. The number of nitrogens with one attached hydrogen (secondary N) is 1. The highest BCUT2D eigenvalue weighted by molar-refractivity contribution is 7.98. The number of nitrogens with zero attached hydrogens (tertiary/aromatic N) is 1. The topological polar surface area (TPSA) is 42.0 Å². The summed E-state index contributed by atoms with van der Waals surface area (Å²) in [4.78, 5) is 18.7. The largest absolute Gasteiger partial charge is 0.322 e. The predicted molar refractivity (Wildman–Crippen MR) is 111 cm³/mol. The summed E-state index contributed by atoms with van der Waals surface area (Å²) >= 11 is 9.46. The van der Waals surface area contributed by atoms with Crippen molar-refractivity contribution < 1.29 is 4.79 Å². The van der Waals surface area contributed by atoms with Crippen molar-refractivity contribution in [2.24, 2.45) is 0 Å². The van der Waals surface area contributed by atoms with Gasteiger partial charge in [0.1, 0.15) is 0 Å². The van der Waals surface area contributed by atoms with Gasteiger partial charge >= 0.3 is 0 Å². The first-order valence-electron chi connectivity index (χ1n) is 7.92. The number of benzene rings is 2. The van der Waals surface area contributed by atoms with E-state index in [9.17, 15) is 4.79 Å². The minimum Gasteiger partial charge on any atom is -0.322 e. The molecule has 3 aromatic rings. The zero-order valence-electron chi connectivity index (χ0n) is 14.1. The van der Waals surface area contributed by atoms with E-state index in [0.29, 0.717) is 10.6 Å². The highest BCUT2D eigenvalue weighted by atomic mass is 35.5. The third-order valence-electron chi connectivity index (χ3n) is 3.66. The fourth-order valence-corrected chi connectivity index (χ4v) is 3.76. The number of aromatic nitrogens is 1. The molecule has 0 aliphatic carbocycles. The van der Waals surface area contributed by atoms with Crippen LogP contribution in [0.2, 0.25) is 5.02 Å². The predicted octanol–water partition coefficient (Wildman–Crippen LogP) is 6.00. The van der Waals surface area contributed by atoms with E-state index in [2.05, 4.69) is 16.4 Å². The van der Waals surface area contributed by atoms with Crippen LogP contribution in [-0.4, -0.2) is 17.1 Å². The summed E-state index contributed by atoms with van der Waals surface area (Å²) < 4.78 is 0. The first-order valence-corrected chi connectivity index (χ1v) is 10.5. The zero-order chi connectivity index (χ0) is 18.4. The molecule has 3 nitrogen and oxygen atoms in total. The molecule has 0 unspecified atom stereocenters. The lowest BCUT2D eigenvalue weighted by atomic mass is 10.2. The summed E-state index contributed by atoms with van der Waals surface area (Å²) in [5.41, 5.74) is 2.40. The lowest BCUT2D eigenvalue weighted by Crippen LogP contribution is -2.12. The number of rotatable bonds is 6. The maximum Gasteiger partial charge on any atom is 0.257 e. The molecular weight excluding hydrogens is 384 g/mol. The second-order valence-electron chi connectivity index (χ2n) is 5.47. The molecule has 0 spiro atoms. The van der Waals surface area contributed by atoms with Crippen LogP contribution in [0.4, 0.5) is 5.69 Å². The van der Waals surface area contributed by atoms with Crippen molar-refractivity contribution in [3.63, 3.8) is 0 Å². The van der Waals surface area contributed by atoms with Crippen LogP contribution < -0.4 is 5.32 Å². The quantitative estimate of drug-likeness (QED) is 0.515. The van der Waals surface area contributed by atoms with Gasteiger partial charge in [-0.15, -0.1) is 23.5 Å². The molecule has 1 heterocycles. The fraction of sp³-hybridized carbons (Fsp3) is 0.100. The molecule has 1 N–H and O–H groups in total. The van der Waals surface area contributed by atoms with Crippen molar-refractivity contribution in [3.05, 3.63) is 83.1 Å². The van der Waals surface area contributed by atoms with Gasteiger partial charge in [0.15, 0.2) is 0 Å². The van der Waals surface area contributed by atoms with Crippen molar-refractivity contribution in [2.75, 3.05) is 11.6 Å². The Morgan fingerprint density at radius 3 is 2.58 bits per heavy atom. The number of anilines is 1. The SMILES string of the molecule is CSc1ccc(Cl)c(C(=O)Nc2ccc(SCc3cccnc3)cc2)c1. The Balaban J connectivity index is 1.63. The molecule has 0 bridgehead atoms. The lowest BCUT2D eigenvalue weighted by molar-refractivity contribution is 0.102. The van der Waals surface area contributed by atoms with Crippen LogP contribution in [0.3, 0.4) is 0 Å². The molecule has 0 aliphatic heterocycles. The molecule has 1 amide bonds. The van der Waals surface area contributed by atoms with E-state index >= 15 is 0 Å². The monoisotopic (exact) mass is 400 g/mol. The van der Waals surface area contributed by atoms with Crippen molar-refractivity contribution in [2.45, 2.75) is 15.5 Å². The summed E-state index contributed by atoms with van der Waals surface area (Å²) in [7, 11) is 0. The van der Waals surface area contributed by atoms with Crippen LogP contribution in [0.15, 0.2) is 76.8 Å². The smallest absolute Gasteiger partial charge is 0.257 e. The molecule has 0 fully saturated rings. The zero-order valence-corrected chi connectivity index (χ0v) is 16.5. The number of hydrogen-bond acceptors (Lipinski definition) is 4. The number of amides is 1. The van der Waals surface area contributed by atoms with Gasteiger partial charge in [-0.2, -0.15) is 0 Å². The molecular formula is C20H17ClN2OS2. The standard InChI is InChI=1S/C20H17ClN2OS2/c1-25-17-8-9-19(21)18(11-17)20(24)23-15-4-6-16(7-5-15)26-13-14-3-2-10-22-12-14/h2-12H,13H2,1H3,(H,23,24). The molecule has 1 aromatic heterocycles. The van der Waals surface area contributed by atoms with Gasteiger partial charge in [0.05, 0.1) is 10.6 Å². The van der Waals surface area contributed by atoms with E-state index in [-0.39, 0.29) is 5.91 Å². The van der Waals surface area contributed by atoms with E-state index in [1.54, 1.807) is 41.9 Å². The van der Waals surface area contributed by atoms with Crippen LogP contribution in [0.25, 0.3) is 0 Å². The number of carbonyl (C=O) groups is 1. The number of halogens is 1. The Labute approximate surface area is 166 Å². The van der Waals surface area contributed by atoms with Crippen molar-refractivity contribution in [1.82, 2.24) is 4.98 Å². The number of carbonyl (C=O) groups excluding carboxylic acids is 1. The molecule has 0 aliphatic rings. The van der Waals surface area contributed by atoms with Crippen LogP contribution in [0.5, 0.6) is 0 Å². The molecule has 0 saturated carbocycles. The van der Waals surface area contributed by atoms with Crippen molar-refractivity contribution in [3.8, 4) is 0 Å². The molecule has 2 aromatic carbocycles. The van der Waals surface area contributed by atoms with Crippen molar-refractivity contribution >= 4 is 46.7 Å². The van der Waals surface area contributed by atoms with E-state index in [1.807, 2.05) is 48.9 Å². The average molecular weight is 401 g/mol. The number of pyridine rings is 1. The van der Waals surface area contributed by atoms with Gasteiger partial charge in [-0.1, -0.05) is 17.7 Å². The van der Waals surface area contributed by atoms with Gasteiger partial charge in [-0.25, -0.2) is 0 Å². The van der Waals surface area contributed by atoms with Crippen LogP contribution in [0.1, 0.15) is 15.9 Å². The Kier molecular flexibility index (Phi) is 6.61. The Hall–Kier alpha value is -1.95. The summed E-state index contributed by atoms with van der Waals surface area (Å²) in [5.74, 6) is 0.651. The summed E-state index contributed by atoms with van der Waals surface area (Å²) in [6.07, 6.45) is 5.60. The highest BCUT2D eigenvalue weighted by Crippen LogP contribution is 2.26. The van der Waals surface area contributed by atoms with E-state index in [0.717, 1.165) is 21.2 Å². The number of hydrogen-bond donors (Lipinski definition) is 1. The van der Waals surface area contributed by atoms with E-state index in [1.165, 1.54) is 5.56 Å². The van der Waals surface area contributed by atoms with Gasteiger partial charge in [0.2, 0.25) is 0 Å². The maximum atomic E-state index is 12.5. The lowest BCUT2D eigenvalue weighted by Gasteiger charge is -2.09. The minimum absolute atomic E-state index is 0.207. The molecule has 3 rings (SSSR count). The number of thioether (sulfide) groups is 2. The molecule has 132 valence electrons. The van der Waals surface area contributed by atoms with Gasteiger partial charge in [0, 0.05) is 33.6 Å². The Bertz CT molecular complexity index is 886. The summed E-state index contributed by atoms with van der Waals surface area (Å²) in [5, 5.41) is 3.35. The van der Waals surface area contributed by atoms with Crippen LogP contribution in [-0.2, 0) is 5.75 Å². The Morgan fingerprint density at radius 1 is 1.12 bits per heavy atom. The average Bonchev–Trinajstić information content (AvgIpc) is 2.68. The summed E-state index contributed by atoms with van der Waals surface area (Å²) in [6, 6.07) is 17.2. The normalized spacial score (nSPS) is 10.5. The van der Waals surface area contributed by atoms with Gasteiger partial charge in [-0.05, 0) is 60.4 Å². The second-order valence-corrected chi connectivity index (χ2v) is 7.81.